The highest BCUT2D eigenvalue weighted by Gasteiger charge is 2.41. The van der Waals surface area contributed by atoms with Gasteiger partial charge < -0.3 is 14.4 Å². The van der Waals surface area contributed by atoms with Gasteiger partial charge in [-0.3, -0.25) is 9.59 Å². The van der Waals surface area contributed by atoms with Gasteiger partial charge in [-0.25, -0.2) is 0 Å². The van der Waals surface area contributed by atoms with Gasteiger partial charge in [-0.2, -0.15) is 0 Å². The minimum Gasteiger partial charge on any atom is -0.368 e. The molecule has 0 N–H and O–H groups in total. The second-order valence-corrected chi connectivity index (χ2v) is 5.57. The van der Waals surface area contributed by atoms with Crippen molar-refractivity contribution in [1.29, 1.82) is 0 Å². The third-order valence-corrected chi connectivity index (χ3v) is 4.45. The second kappa shape index (κ2) is 4.82. The molecule has 2 saturated heterocycles. The maximum Gasteiger partial charge on any atom is 0.205 e. The zero-order valence-corrected chi connectivity index (χ0v) is 11.9. The summed E-state index contributed by atoms with van der Waals surface area (Å²) in [6, 6.07) is 0. The first-order chi connectivity index (χ1) is 9.52. The normalized spacial score (nSPS) is 26.5. The summed E-state index contributed by atoms with van der Waals surface area (Å²) < 4.78 is 11.3. The van der Waals surface area contributed by atoms with Crippen LogP contribution in [0.3, 0.4) is 0 Å². The first-order valence-corrected chi connectivity index (χ1v) is 7.03. The minimum absolute atomic E-state index is 0.0358. The molecule has 2 aliphatic heterocycles. The number of carbonyl (C=O) groups excluding carboxylic acids is 2. The van der Waals surface area contributed by atoms with Crippen molar-refractivity contribution in [2.45, 2.75) is 32.5 Å². The molecule has 5 nitrogen and oxygen atoms in total. The van der Waals surface area contributed by atoms with Crippen molar-refractivity contribution in [2.24, 2.45) is 0 Å². The second-order valence-electron chi connectivity index (χ2n) is 5.57. The maximum absolute atomic E-state index is 12.3. The lowest BCUT2D eigenvalue weighted by atomic mass is 9.92. The number of allylic oxidation sites excluding steroid dienone is 3. The highest BCUT2D eigenvalue weighted by molar-refractivity contribution is 6.21. The van der Waals surface area contributed by atoms with E-state index in [1.54, 1.807) is 13.8 Å². The lowest BCUT2D eigenvalue weighted by Crippen LogP contribution is -2.46. The Hall–Kier alpha value is -1.46. The number of hydrogen-bond acceptors (Lipinski definition) is 5. The van der Waals surface area contributed by atoms with Crippen molar-refractivity contribution in [2.75, 3.05) is 26.3 Å². The van der Waals surface area contributed by atoms with Crippen LogP contribution in [0.2, 0.25) is 0 Å². The molecular formula is C15H19NO4. The molecule has 5 heteroatoms. The Bertz CT molecular complexity index is 516. The summed E-state index contributed by atoms with van der Waals surface area (Å²) in [6.45, 7) is 6.06. The molecule has 3 aliphatic rings. The minimum atomic E-state index is -0.459. The third-order valence-electron chi connectivity index (χ3n) is 4.45. The van der Waals surface area contributed by atoms with Crippen molar-refractivity contribution in [3.63, 3.8) is 0 Å². The molecule has 0 unspecified atom stereocenters. The van der Waals surface area contributed by atoms with Crippen molar-refractivity contribution in [1.82, 2.24) is 4.90 Å². The SMILES string of the molecule is CC1=C(C)C(=O)C(N2CCC3(CC2)OCCO3)=CC1=O. The van der Waals surface area contributed by atoms with E-state index >= 15 is 0 Å². The van der Waals surface area contributed by atoms with Gasteiger partial charge in [0.1, 0.15) is 0 Å². The summed E-state index contributed by atoms with van der Waals surface area (Å²) in [5.74, 6) is -0.559. The average molecular weight is 277 g/mol. The number of carbonyl (C=O) groups is 2. The van der Waals surface area contributed by atoms with Crippen LogP contribution in [0.1, 0.15) is 26.7 Å². The van der Waals surface area contributed by atoms with Crippen LogP contribution < -0.4 is 0 Å². The number of rotatable bonds is 1. The summed E-state index contributed by atoms with van der Waals surface area (Å²) in [7, 11) is 0. The quantitative estimate of drug-likeness (QED) is 0.674. The van der Waals surface area contributed by atoms with Gasteiger partial charge in [0, 0.05) is 43.2 Å². The number of ether oxygens (including phenoxy) is 2. The molecule has 0 amide bonds. The number of hydrogen-bond donors (Lipinski definition) is 0. The van der Waals surface area contributed by atoms with Gasteiger partial charge in [0.05, 0.1) is 18.9 Å². The monoisotopic (exact) mass is 277 g/mol. The molecule has 108 valence electrons. The highest BCUT2D eigenvalue weighted by atomic mass is 16.7. The molecule has 0 bridgehead atoms. The van der Waals surface area contributed by atoms with Crippen LogP contribution in [-0.2, 0) is 19.1 Å². The number of nitrogens with zero attached hydrogens (tertiary/aromatic N) is 1. The van der Waals surface area contributed by atoms with Gasteiger partial charge in [-0.1, -0.05) is 0 Å². The fourth-order valence-electron chi connectivity index (χ4n) is 2.95. The molecule has 0 radical (unpaired) electrons. The Morgan fingerprint density at radius 1 is 1.05 bits per heavy atom. The standard InChI is InChI=1S/C15H19NO4/c1-10-11(2)14(18)12(9-13(10)17)16-5-3-15(4-6-16)19-7-8-20-15/h9H,3-8H2,1-2H3. The zero-order valence-electron chi connectivity index (χ0n) is 11.9. The molecule has 0 atom stereocenters. The molecule has 2 fully saturated rings. The van der Waals surface area contributed by atoms with E-state index in [9.17, 15) is 9.59 Å². The summed E-state index contributed by atoms with van der Waals surface area (Å²) in [5.41, 5.74) is 1.63. The van der Waals surface area contributed by atoms with Crippen LogP contribution in [0.15, 0.2) is 22.9 Å². The van der Waals surface area contributed by atoms with Gasteiger partial charge in [0.2, 0.25) is 5.78 Å². The Balaban J connectivity index is 1.74. The van der Waals surface area contributed by atoms with E-state index in [0.29, 0.717) is 43.1 Å². The smallest absolute Gasteiger partial charge is 0.205 e. The van der Waals surface area contributed by atoms with Gasteiger partial charge >= 0.3 is 0 Å². The predicted octanol–water partition coefficient (Wildman–Crippen LogP) is 1.20. The van der Waals surface area contributed by atoms with Gasteiger partial charge in [-0.05, 0) is 13.8 Å². The lowest BCUT2D eigenvalue weighted by molar-refractivity contribution is -0.183. The van der Waals surface area contributed by atoms with Crippen molar-refractivity contribution in [3.8, 4) is 0 Å². The van der Waals surface area contributed by atoms with E-state index in [4.69, 9.17) is 9.47 Å². The highest BCUT2D eigenvalue weighted by Crippen LogP contribution is 2.33. The van der Waals surface area contributed by atoms with E-state index in [2.05, 4.69) is 0 Å². The molecule has 0 aromatic rings. The summed E-state index contributed by atoms with van der Waals surface area (Å²) in [6.07, 6.45) is 2.93. The molecule has 0 aromatic heterocycles. The van der Waals surface area contributed by atoms with Crippen LogP contribution in [0.25, 0.3) is 0 Å². The van der Waals surface area contributed by atoms with Crippen LogP contribution in [-0.4, -0.2) is 48.6 Å². The molecular weight excluding hydrogens is 258 g/mol. The largest absolute Gasteiger partial charge is 0.368 e. The van der Waals surface area contributed by atoms with Crippen LogP contribution in [0.5, 0.6) is 0 Å². The number of likely N-dealkylation sites (tertiary alicyclic amines) is 1. The Kier molecular flexibility index (Phi) is 3.26. The number of piperidine rings is 1. The fourth-order valence-corrected chi connectivity index (χ4v) is 2.95. The third kappa shape index (κ3) is 2.11. The van der Waals surface area contributed by atoms with Crippen LogP contribution in [0, 0.1) is 0 Å². The Morgan fingerprint density at radius 2 is 1.65 bits per heavy atom. The average Bonchev–Trinajstić information content (AvgIpc) is 2.90. The predicted molar refractivity (Wildman–Crippen MR) is 71.9 cm³/mol. The maximum atomic E-state index is 12.3. The summed E-state index contributed by atoms with van der Waals surface area (Å²) in [4.78, 5) is 26.2. The molecule has 0 aromatic carbocycles. The van der Waals surface area contributed by atoms with E-state index < -0.39 is 5.79 Å². The molecule has 2 heterocycles. The molecule has 1 spiro atoms. The van der Waals surface area contributed by atoms with E-state index in [1.807, 2.05) is 4.90 Å². The fraction of sp³-hybridized carbons (Fsp3) is 0.600. The zero-order chi connectivity index (χ0) is 14.3. The Morgan fingerprint density at radius 3 is 2.25 bits per heavy atom. The first-order valence-electron chi connectivity index (χ1n) is 7.03. The van der Waals surface area contributed by atoms with Gasteiger partial charge in [-0.15, -0.1) is 0 Å². The summed E-state index contributed by atoms with van der Waals surface area (Å²) >= 11 is 0. The molecule has 3 rings (SSSR count). The topological polar surface area (TPSA) is 55.8 Å². The van der Waals surface area contributed by atoms with Gasteiger partial charge in [0.15, 0.2) is 11.6 Å². The van der Waals surface area contributed by atoms with E-state index in [0.717, 1.165) is 12.8 Å². The molecule has 20 heavy (non-hydrogen) atoms. The Labute approximate surface area is 118 Å². The molecule has 0 saturated carbocycles. The molecule has 1 aliphatic carbocycles. The number of Topliss-reactive ketones (excluding diaryl/α,β-unsaturated/α-hetero) is 1. The van der Waals surface area contributed by atoms with E-state index in [-0.39, 0.29) is 11.6 Å². The van der Waals surface area contributed by atoms with Crippen LogP contribution in [0.4, 0.5) is 0 Å². The number of ketones is 2. The van der Waals surface area contributed by atoms with E-state index in [1.165, 1.54) is 6.08 Å². The lowest BCUT2D eigenvalue weighted by Gasteiger charge is -2.39. The van der Waals surface area contributed by atoms with Crippen molar-refractivity contribution >= 4 is 11.6 Å². The summed E-state index contributed by atoms with van der Waals surface area (Å²) in [5, 5.41) is 0. The van der Waals surface area contributed by atoms with Crippen LogP contribution >= 0.6 is 0 Å². The van der Waals surface area contributed by atoms with Crippen molar-refractivity contribution in [3.05, 3.63) is 22.9 Å². The van der Waals surface area contributed by atoms with Crippen molar-refractivity contribution < 1.29 is 19.1 Å². The van der Waals surface area contributed by atoms with Gasteiger partial charge in [0.25, 0.3) is 0 Å². The first kappa shape index (κ1) is 13.5.